The largest absolute Gasteiger partial charge is 0.391 e. The van der Waals surface area contributed by atoms with E-state index in [9.17, 15) is 9.90 Å². The number of aliphatic hydroxyl groups excluding tert-OH is 1. The molecule has 2 bridgehead atoms. The van der Waals surface area contributed by atoms with Crippen LogP contribution in [0.3, 0.4) is 0 Å². The minimum absolute atomic E-state index is 0.0262. The smallest absolute Gasteiger partial charge is 0.317 e. The summed E-state index contributed by atoms with van der Waals surface area (Å²) in [6.45, 7) is 8.33. The summed E-state index contributed by atoms with van der Waals surface area (Å²) in [5, 5.41) is 13.0. The number of piperidine rings is 1. The molecule has 2 amide bonds. The molecule has 0 spiro atoms. The van der Waals surface area contributed by atoms with Gasteiger partial charge >= 0.3 is 6.03 Å². The molecule has 0 radical (unpaired) electrons. The Kier molecular flexibility index (Phi) is 3.27. The number of hydrogen-bond donors (Lipinski definition) is 2. The molecular formula is C16H28N2O2. The SMILES string of the molecule is CC1(C)[C@H]2CC[C@@]1(C)[C@@H](NC(=O)N1CCC[C@H](O)C1)C2. The maximum atomic E-state index is 12.4. The minimum Gasteiger partial charge on any atom is -0.391 e. The van der Waals surface area contributed by atoms with Crippen molar-refractivity contribution in [2.75, 3.05) is 13.1 Å². The van der Waals surface area contributed by atoms with E-state index in [0.717, 1.165) is 31.7 Å². The van der Waals surface area contributed by atoms with Gasteiger partial charge in [-0.15, -0.1) is 0 Å². The number of aliphatic hydroxyl groups is 1. The number of nitrogens with zero attached hydrogens (tertiary/aromatic N) is 1. The van der Waals surface area contributed by atoms with Crippen molar-refractivity contribution in [1.82, 2.24) is 10.2 Å². The third-order valence-corrected chi connectivity index (χ3v) is 6.78. The van der Waals surface area contributed by atoms with Gasteiger partial charge in [0.25, 0.3) is 0 Å². The number of nitrogens with one attached hydrogen (secondary N) is 1. The van der Waals surface area contributed by atoms with Crippen LogP contribution in [0.15, 0.2) is 0 Å². The molecule has 3 aliphatic rings. The minimum atomic E-state index is -0.346. The molecule has 1 aliphatic heterocycles. The van der Waals surface area contributed by atoms with Crippen LogP contribution in [0.4, 0.5) is 4.79 Å². The van der Waals surface area contributed by atoms with E-state index in [1.807, 2.05) is 0 Å². The zero-order chi connectivity index (χ0) is 14.5. The van der Waals surface area contributed by atoms with Gasteiger partial charge in [0, 0.05) is 19.1 Å². The topological polar surface area (TPSA) is 52.6 Å². The summed E-state index contributed by atoms with van der Waals surface area (Å²) in [5.41, 5.74) is 0.550. The second kappa shape index (κ2) is 4.62. The van der Waals surface area contributed by atoms with Gasteiger partial charge in [-0.05, 0) is 48.9 Å². The van der Waals surface area contributed by atoms with Crippen molar-refractivity contribution >= 4 is 6.03 Å². The second-order valence-corrected chi connectivity index (χ2v) is 7.85. The Labute approximate surface area is 121 Å². The molecule has 2 saturated carbocycles. The van der Waals surface area contributed by atoms with Crippen LogP contribution >= 0.6 is 0 Å². The Morgan fingerprint density at radius 2 is 2.05 bits per heavy atom. The van der Waals surface area contributed by atoms with Crippen LogP contribution in [0, 0.1) is 16.7 Å². The van der Waals surface area contributed by atoms with Crippen molar-refractivity contribution in [3.63, 3.8) is 0 Å². The van der Waals surface area contributed by atoms with Crippen molar-refractivity contribution in [2.45, 2.75) is 65.0 Å². The molecule has 114 valence electrons. The number of amides is 2. The fourth-order valence-corrected chi connectivity index (χ4v) is 4.80. The summed E-state index contributed by atoms with van der Waals surface area (Å²) in [7, 11) is 0. The van der Waals surface area contributed by atoms with E-state index in [2.05, 4.69) is 26.1 Å². The first-order valence-electron chi connectivity index (χ1n) is 8.08. The zero-order valence-corrected chi connectivity index (χ0v) is 13.0. The van der Waals surface area contributed by atoms with Crippen LogP contribution in [0.1, 0.15) is 52.9 Å². The highest BCUT2D eigenvalue weighted by Crippen LogP contribution is 2.65. The van der Waals surface area contributed by atoms with Gasteiger partial charge in [-0.1, -0.05) is 20.8 Å². The van der Waals surface area contributed by atoms with E-state index in [1.165, 1.54) is 12.8 Å². The molecule has 0 aromatic rings. The molecule has 0 unspecified atom stereocenters. The Morgan fingerprint density at radius 1 is 1.30 bits per heavy atom. The van der Waals surface area contributed by atoms with Gasteiger partial charge in [0.15, 0.2) is 0 Å². The van der Waals surface area contributed by atoms with Crippen LogP contribution < -0.4 is 5.32 Å². The summed E-state index contributed by atoms with van der Waals surface area (Å²) in [5.74, 6) is 0.741. The summed E-state index contributed by atoms with van der Waals surface area (Å²) in [6, 6.07) is 0.321. The zero-order valence-electron chi connectivity index (χ0n) is 13.0. The Morgan fingerprint density at radius 3 is 2.60 bits per heavy atom. The summed E-state index contributed by atoms with van der Waals surface area (Å²) >= 11 is 0. The second-order valence-electron chi connectivity index (χ2n) is 7.85. The fourth-order valence-electron chi connectivity index (χ4n) is 4.80. The summed E-state index contributed by atoms with van der Waals surface area (Å²) in [4.78, 5) is 14.2. The van der Waals surface area contributed by atoms with E-state index in [-0.39, 0.29) is 17.6 Å². The lowest BCUT2D eigenvalue weighted by molar-refractivity contribution is 0.0768. The highest BCUT2D eigenvalue weighted by Gasteiger charge is 2.61. The average molecular weight is 280 g/mol. The Hall–Kier alpha value is -0.770. The molecule has 2 aliphatic carbocycles. The van der Waals surface area contributed by atoms with Crippen molar-refractivity contribution in [3.8, 4) is 0 Å². The van der Waals surface area contributed by atoms with Gasteiger partial charge in [-0.3, -0.25) is 0 Å². The maximum absolute atomic E-state index is 12.4. The van der Waals surface area contributed by atoms with Gasteiger partial charge in [0.1, 0.15) is 0 Å². The molecule has 0 aromatic carbocycles. The highest BCUT2D eigenvalue weighted by molar-refractivity contribution is 5.75. The van der Waals surface area contributed by atoms with Gasteiger partial charge in [0.2, 0.25) is 0 Å². The molecule has 3 rings (SSSR count). The number of hydrogen-bond acceptors (Lipinski definition) is 2. The lowest BCUT2D eigenvalue weighted by Gasteiger charge is -2.40. The lowest BCUT2D eigenvalue weighted by Crippen LogP contribution is -2.53. The number of likely N-dealkylation sites (tertiary alicyclic amines) is 1. The molecule has 1 saturated heterocycles. The highest BCUT2D eigenvalue weighted by atomic mass is 16.3. The van der Waals surface area contributed by atoms with Crippen molar-refractivity contribution < 1.29 is 9.90 Å². The average Bonchev–Trinajstić information content (AvgIpc) is 2.72. The van der Waals surface area contributed by atoms with E-state index >= 15 is 0 Å². The van der Waals surface area contributed by atoms with Gasteiger partial charge in [-0.2, -0.15) is 0 Å². The lowest BCUT2D eigenvalue weighted by atomic mass is 9.69. The van der Waals surface area contributed by atoms with Crippen LogP contribution in [0.2, 0.25) is 0 Å². The van der Waals surface area contributed by atoms with Crippen molar-refractivity contribution in [2.24, 2.45) is 16.7 Å². The molecule has 1 heterocycles. The van der Waals surface area contributed by atoms with E-state index in [0.29, 0.717) is 18.0 Å². The Balaban J connectivity index is 1.66. The predicted octanol–water partition coefficient (Wildman–Crippen LogP) is 2.37. The van der Waals surface area contributed by atoms with E-state index in [4.69, 9.17) is 0 Å². The van der Waals surface area contributed by atoms with E-state index in [1.54, 1.807) is 4.90 Å². The normalized spacial score (nSPS) is 42.8. The molecular weight excluding hydrogens is 252 g/mol. The van der Waals surface area contributed by atoms with Crippen LogP contribution in [0.25, 0.3) is 0 Å². The molecule has 3 fully saturated rings. The number of β-amino-alcohol motifs (C(OH)–C–C–N with tert-alkyl or cyclic N) is 1. The number of rotatable bonds is 1. The molecule has 4 atom stereocenters. The standard InChI is InChI=1S/C16H28N2O2/c1-15(2)11-6-7-16(15,3)13(9-11)17-14(20)18-8-4-5-12(19)10-18/h11-13,19H,4-10H2,1-3H3,(H,17,20)/t11-,12-,13-,16-/m0/s1. The number of carbonyl (C=O) groups is 1. The summed E-state index contributed by atoms with van der Waals surface area (Å²) in [6.07, 6.45) is 5.02. The van der Waals surface area contributed by atoms with Crippen LogP contribution in [-0.2, 0) is 0 Å². The molecule has 4 heteroatoms. The molecule has 0 aromatic heterocycles. The van der Waals surface area contributed by atoms with Crippen molar-refractivity contribution in [3.05, 3.63) is 0 Å². The van der Waals surface area contributed by atoms with E-state index < -0.39 is 0 Å². The first-order chi connectivity index (χ1) is 9.34. The third kappa shape index (κ3) is 1.95. The molecule has 2 N–H and O–H groups in total. The fraction of sp³-hybridized carbons (Fsp3) is 0.938. The van der Waals surface area contributed by atoms with Gasteiger partial charge < -0.3 is 15.3 Å². The van der Waals surface area contributed by atoms with Crippen LogP contribution in [-0.4, -0.2) is 41.3 Å². The Bertz CT molecular complexity index is 409. The van der Waals surface area contributed by atoms with Gasteiger partial charge in [-0.25, -0.2) is 4.79 Å². The van der Waals surface area contributed by atoms with Crippen molar-refractivity contribution in [1.29, 1.82) is 0 Å². The monoisotopic (exact) mass is 280 g/mol. The third-order valence-electron chi connectivity index (χ3n) is 6.78. The molecule has 4 nitrogen and oxygen atoms in total. The molecule has 20 heavy (non-hydrogen) atoms. The summed E-state index contributed by atoms with van der Waals surface area (Å²) < 4.78 is 0. The maximum Gasteiger partial charge on any atom is 0.317 e. The first-order valence-corrected chi connectivity index (χ1v) is 8.08. The number of fused-ring (bicyclic) bond motifs is 2. The quantitative estimate of drug-likeness (QED) is 0.775. The van der Waals surface area contributed by atoms with Crippen LogP contribution in [0.5, 0.6) is 0 Å². The number of urea groups is 1. The predicted molar refractivity (Wildman–Crippen MR) is 78.4 cm³/mol. The first kappa shape index (κ1) is 14.2. The number of carbonyl (C=O) groups excluding carboxylic acids is 1. The van der Waals surface area contributed by atoms with Gasteiger partial charge in [0.05, 0.1) is 6.10 Å².